The quantitative estimate of drug-likeness (QED) is 0.682. The topological polar surface area (TPSA) is 97.0 Å². The number of aryl methyl sites for hydroxylation is 1. The molecule has 3 aromatic rings. The molecule has 142 valence electrons. The highest BCUT2D eigenvalue weighted by molar-refractivity contribution is 5.91. The molecule has 0 saturated carbocycles. The zero-order chi connectivity index (χ0) is 19.3. The zero-order valence-electron chi connectivity index (χ0n) is 15.4. The van der Waals surface area contributed by atoms with Crippen molar-refractivity contribution in [3.8, 4) is 0 Å². The minimum Gasteiger partial charge on any atom is -0.465 e. The van der Waals surface area contributed by atoms with Crippen LogP contribution < -0.4 is 5.32 Å². The van der Waals surface area contributed by atoms with Gasteiger partial charge in [0.1, 0.15) is 23.2 Å². The Morgan fingerprint density at radius 2 is 2.25 bits per heavy atom. The molecule has 1 amide bonds. The van der Waals surface area contributed by atoms with Crippen LogP contribution >= 0.6 is 0 Å². The van der Waals surface area contributed by atoms with E-state index in [9.17, 15) is 4.79 Å². The number of carbonyl (C=O) groups excluding carboxylic acids is 1. The Morgan fingerprint density at radius 1 is 1.32 bits per heavy atom. The van der Waals surface area contributed by atoms with Crippen LogP contribution in [0.1, 0.15) is 36.2 Å². The van der Waals surface area contributed by atoms with Gasteiger partial charge < -0.3 is 14.6 Å². The third-order valence-corrected chi connectivity index (χ3v) is 4.49. The fraction of sp³-hybridized carbons (Fsp3) is 0.250. The number of rotatable bonds is 5. The van der Waals surface area contributed by atoms with Crippen LogP contribution in [0.2, 0.25) is 0 Å². The van der Waals surface area contributed by atoms with Crippen molar-refractivity contribution in [2.75, 3.05) is 11.9 Å². The molecule has 0 spiro atoms. The van der Waals surface area contributed by atoms with Crippen LogP contribution in [0.15, 0.2) is 53.5 Å². The van der Waals surface area contributed by atoms with Gasteiger partial charge in [0.2, 0.25) is 5.91 Å². The molecule has 0 radical (unpaired) electrons. The predicted molar refractivity (Wildman–Crippen MR) is 104 cm³/mol. The summed E-state index contributed by atoms with van der Waals surface area (Å²) in [6.45, 7) is 2.53. The van der Waals surface area contributed by atoms with E-state index in [4.69, 9.17) is 4.42 Å². The van der Waals surface area contributed by atoms with Crippen LogP contribution in [-0.2, 0) is 4.79 Å². The monoisotopic (exact) mass is 376 g/mol. The predicted octanol–water partition coefficient (Wildman–Crippen LogP) is 3.29. The summed E-state index contributed by atoms with van der Waals surface area (Å²) < 4.78 is 5.25. The molecule has 28 heavy (non-hydrogen) atoms. The van der Waals surface area contributed by atoms with E-state index in [1.165, 1.54) is 0 Å². The number of aromatic nitrogens is 4. The minimum absolute atomic E-state index is 0.0569. The highest BCUT2D eigenvalue weighted by atomic mass is 16.3. The van der Waals surface area contributed by atoms with Gasteiger partial charge in [-0.3, -0.25) is 9.78 Å². The Labute approximate surface area is 162 Å². The molecule has 8 heteroatoms. The number of likely N-dealkylation sites (tertiary alicyclic amines) is 1. The number of hydrogen-bond donors (Lipinski definition) is 1. The first kappa shape index (κ1) is 17.8. The van der Waals surface area contributed by atoms with E-state index in [0.29, 0.717) is 29.8 Å². The van der Waals surface area contributed by atoms with E-state index >= 15 is 0 Å². The molecule has 4 heterocycles. The van der Waals surface area contributed by atoms with Crippen molar-refractivity contribution in [2.24, 2.45) is 0 Å². The molecule has 8 nitrogen and oxygen atoms in total. The molecule has 1 fully saturated rings. The highest BCUT2D eigenvalue weighted by Gasteiger charge is 2.30. The summed E-state index contributed by atoms with van der Waals surface area (Å²) in [5.74, 6) is 2.46. The Bertz CT molecular complexity index is 972. The maximum Gasteiger partial charge on any atom is 0.247 e. The molecule has 0 aliphatic carbocycles. The van der Waals surface area contributed by atoms with Crippen molar-refractivity contribution in [1.82, 2.24) is 24.8 Å². The maximum atomic E-state index is 12.7. The Hall–Kier alpha value is -3.55. The smallest absolute Gasteiger partial charge is 0.247 e. The van der Waals surface area contributed by atoms with E-state index in [-0.39, 0.29) is 11.9 Å². The van der Waals surface area contributed by atoms with Crippen LogP contribution in [-0.4, -0.2) is 37.3 Å². The molecule has 1 atom stereocenters. The molecule has 3 aromatic heterocycles. The highest BCUT2D eigenvalue weighted by Crippen LogP contribution is 2.32. The molecule has 0 bridgehead atoms. The summed E-state index contributed by atoms with van der Waals surface area (Å²) in [6.07, 6.45) is 11.5. The second-order valence-electron chi connectivity index (χ2n) is 6.48. The lowest BCUT2D eigenvalue weighted by molar-refractivity contribution is -0.126. The standard InChI is InChI=1S/C20H20N6O2/c1-14-23-16(12-18(24-14)25-19-13-21-8-9-22-19)17-5-2-10-26(17)20(27)7-6-15-4-3-11-28-15/h3-4,6-9,11-13,17H,2,5,10H2,1H3,(H,22,23,24,25)/b7-6+/t17-/m0/s1. The summed E-state index contributed by atoms with van der Waals surface area (Å²) in [7, 11) is 0. The summed E-state index contributed by atoms with van der Waals surface area (Å²) in [6, 6.07) is 5.38. The summed E-state index contributed by atoms with van der Waals surface area (Å²) >= 11 is 0. The van der Waals surface area contributed by atoms with E-state index in [1.54, 1.807) is 43.1 Å². The molecular formula is C20H20N6O2. The lowest BCUT2D eigenvalue weighted by atomic mass is 10.1. The van der Waals surface area contributed by atoms with Gasteiger partial charge in [-0.1, -0.05) is 0 Å². The molecule has 0 aromatic carbocycles. The number of amides is 1. The van der Waals surface area contributed by atoms with Crippen LogP contribution in [0.5, 0.6) is 0 Å². The molecule has 1 N–H and O–H groups in total. The van der Waals surface area contributed by atoms with Gasteiger partial charge >= 0.3 is 0 Å². The average molecular weight is 376 g/mol. The number of hydrogen-bond acceptors (Lipinski definition) is 7. The van der Waals surface area contributed by atoms with Crippen molar-refractivity contribution >= 4 is 23.6 Å². The van der Waals surface area contributed by atoms with Crippen LogP contribution in [0, 0.1) is 6.92 Å². The first-order chi connectivity index (χ1) is 13.7. The lowest BCUT2D eigenvalue weighted by Crippen LogP contribution is -2.29. The maximum absolute atomic E-state index is 12.7. The van der Waals surface area contributed by atoms with Gasteiger partial charge in [-0.2, -0.15) is 0 Å². The number of furan rings is 1. The fourth-order valence-electron chi connectivity index (χ4n) is 3.29. The van der Waals surface area contributed by atoms with Gasteiger partial charge in [0.15, 0.2) is 0 Å². The van der Waals surface area contributed by atoms with Gasteiger partial charge in [0, 0.05) is 31.1 Å². The molecular weight excluding hydrogens is 356 g/mol. The van der Waals surface area contributed by atoms with Crippen molar-refractivity contribution in [1.29, 1.82) is 0 Å². The van der Waals surface area contributed by atoms with E-state index < -0.39 is 0 Å². The number of carbonyl (C=O) groups is 1. The van der Waals surface area contributed by atoms with Gasteiger partial charge in [0.25, 0.3) is 0 Å². The number of anilines is 2. The van der Waals surface area contributed by atoms with Crippen LogP contribution in [0.25, 0.3) is 6.08 Å². The summed E-state index contributed by atoms with van der Waals surface area (Å²) in [5, 5.41) is 3.14. The minimum atomic E-state index is -0.0853. The summed E-state index contributed by atoms with van der Waals surface area (Å²) in [4.78, 5) is 31.8. The van der Waals surface area contributed by atoms with E-state index in [0.717, 1.165) is 18.5 Å². The second-order valence-corrected chi connectivity index (χ2v) is 6.48. The van der Waals surface area contributed by atoms with Gasteiger partial charge in [-0.15, -0.1) is 0 Å². The zero-order valence-corrected chi connectivity index (χ0v) is 15.4. The van der Waals surface area contributed by atoms with Crippen molar-refractivity contribution in [2.45, 2.75) is 25.8 Å². The van der Waals surface area contributed by atoms with Crippen LogP contribution in [0.4, 0.5) is 11.6 Å². The van der Waals surface area contributed by atoms with E-state index in [2.05, 4.69) is 25.3 Å². The molecule has 4 rings (SSSR count). The Balaban J connectivity index is 1.54. The van der Waals surface area contributed by atoms with Gasteiger partial charge in [0.05, 0.1) is 24.2 Å². The lowest BCUT2D eigenvalue weighted by Gasteiger charge is -2.23. The van der Waals surface area contributed by atoms with Crippen molar-refractivity contribution in [3.63, 3.8) is 0 Å². The van der Waals surface area contributed by atoms with Crippen LogP contribution in [0.3, 0.4) is 0 Å². The Kier molecular flexibility index (Phi) is 5.09. The van der Waals surface area contributed by atoms with Gasteiger partial charge in [-0.25, -0.2) is 15.0 Å². The molecule has 1 aliphatic rings. The van der Waals surface area contributed by atoms with Crippen molar-refractivity contribution < 1.29 is 9.21 Å². The second kappa shape index (κ2) is 7.99. The third kappa shape index (κ3) is 4.06. The molecule has 0 unspecified atom stereocenters. The average Bonchev–Trinajstić information content (AvgIpc) is 3.38. The Morgan fingerprint density at radius 3 is 3.04 bits per heavy atom. The first-order valence-corrected chi connectivity index (χ1v) is 9.10. The normalized spacial score (nSPS) is 16.6. The van der Waals surface area contributed by atoms with Crippen molar-refractivity contribution in [3.05, 3.63) is 66.4 Å². The SMILES string of the molecule is Cc1nc(Nc2cnccn2)cc([C@@H]2CCCN2C(=O)/C=C/c2ccco2)n1. The van der Waals surface area contributed by atoms with E-state index in [1.807, 2.05) is 24.0 Å². The fourth-order valence-corrected chi connectivity index (χ4v) is 3.29. The largest absolute Gasteiger partial charge is 0.465 e. The number of nitrogens with one attached hydrogen (secondary N) is 1. The number of nitrogens with zero attached hydrogens (tertiary/aromatic N) is 5. The summed E-state index contributed by atoms with van der Waals surface area (Å²) in [5.41, 5.74) is 0.816. The molecule has 1 saturated heterocycles. The van der Waals surface area contributed by atoms with Gasteiger partial charge in [-0.05, 0) is 38.0 Å². The molecule has 1 aliphatic heterocycles. The first-order valence-electron chi connectivity index (χ1n) is 9.10. The third-order valence-electron chi connectivity index (χ3n) is 4.49.